The number of halogens is 1. The first-order valence-corrected chi connectivity index (χ1v) is 17.0. The van der Waals surface area contributed by atoms with E-state index in [1.165, 1.54) is 32.8 Å². The number of rotatable bonds is 12. The highest BCUT2D eigenvalue weighted by Gasteiger charge is 2.44. The van der Waals surface area contributed by atoms with Gasteiger partial charge in [-0.3, -0.25) is 14.4 Å². The molecule has 43 heavy (non-hydrogen) atoms. The minimum absolute atomic E-state index is 0.0606. The van der Waals surface area contributed by atoms with Crippen molar-refractivity contribution in [1.82, 2.24) is 10.2 Å². The molecule has 9 nitrogen and oxygen atoms in total. The molecule has 2 bridgehead atoms. The van der Waals surface area contributed by atoms with Crippen LogP contribution in [-0.4, -0.2) is 78.3 Å². The van der Waals surface area contributed by atoms with Crippen LogP contribution in [0.15, 0.2) is 23.8 Å². The molecule has 4 aliphatic rings. The molecule has 0 heterocycles. The molecule has 0 aromatic heterocycles. The van der Waals surface area contributed by atoms with Crippen molar-refractivity contribution in [1.29, 1.82) is 0 Å². The van der Waals surface area contributed by atoms with E-state index in [0.717, 1.165) is 44.3 Å². The predicted molar refractivity (Wildman–Crippen MR) is 170 cm³/mol. The molecule has 2 amide bonds. The molecule has 1 aromatic carbocycles. The molecule has 1 aromatic rings. The van der Waals surface area contributed by atoms with Crippen LogP contribution in [0.1, 0.15) is 81.0 Å². The Hall–Kier alpha value is -2.18. The fourth-order valence-corrected chi connectivity index (χ4v) is 8.63. The molecule has 0 radical (unpaired) electrons. The van der Waals surface area contributed by atoms with Gasteiger partial charge in [0.1, 0.15) is 18.5 Å². The average molecular weight is 709 g/mol. The number of nitrogens with one attached hydrogen (secondary N) is 1. The van der Waals surface area contributed by atoms with Gasteiger partial charge in [-0.1, -0.05) is 25.7 Å². The third-order valence-electron chi connectivity index (χ3n) is 10.1. The lowest BCUT2D eigenvalue weighted by Gasteiger charge is -2.43. The summed E-state index contributed by atoms with van der Waals surface area (Å²) in [6, 6.07) is 2.60. The maximum atomic E-state index is 14.2. The van der Waals surface area contributed by atoms with E-state index in [0.29, 0.717) is 56.9 Å². The molecule has 3 fully saturated rings. The molecule has 3 saturated carbocycles. The van der Waals surface area contributed by atoms with E-state index in [-0.39, 0.29) is 31.4 Å². The van der Waals surface area contributed by atoms with Gasteiger partial charge in [0.2, 0.25) is 11.8 Å². The molecular formula is C33H45IN2O7. The second-order valence-corrected chi connectivity index (χ2v) is 14.0. The first-order chi connectivity index (χ1) is 20.8. The summed E-state index contributed by atoms with van der Waals surface area (Å²) >= 11 is 2.06. The Morgan fingerprint density at radius 1 is 1.14 bits per heavy atom. The van der Waals surface area contributed by atoms with Crippen LogP contribution >= 0.6 is 22.6 Å². The third kappa shape index (κ3) is 7.56. The smallest absolute Gasteiger partial charge is 0.247 e. The molecule has 236 valence electrons. The van der Waals surface area contributed by atoms with Gasteiger partial charge in [0.05, 0.1) is 23.3 Å². The Morgan fingerprint density at radius 2 is 1.93 bits per heavy atom. The average Bonchev–Trinajstić information content (AvgIpc) is 3.64. The number of ether oxygens (including phenoxy) is 2. The Morgan fingerprint density at radius 3 is 2.58 bits per heavy atom. The van der Waals surface area contributed by atoms with E-state index in [9.17, 15) is 24.6 Å². The molecule has 3 unspecified atom stereocenters. The van der Waals surface area contributed by atoms with Crippen LogP contribution in [0.3, 0.4) is 0 Å². The van der Waals surface area contributed by atoms with Crippen molar-refractivity contribution in [3.63, 3.8) is 0 Å². The maximum absolute atomic E-state index is 14.2. The number of methoxy groups -OCH3 is 1. The summed E-state index contributed by atoms with van der Waals surface area (Å²) in [5, 5.41) is 24.0. The van der Waals surface area contributed by atoms with Gasteiger partial charge in [-0.05, 0) is 96.6 Å². The number of aliphatic hydroxyl groups is 2. The number of benzene rings is 1. The van der Waals surface area contributed by atoms with Crippen molar-refractivity contribution in [2.45, 2.75) is 88.9 Å². The molecule has 0 saturated heterocycles. The minimum atomic E-state index is -1.09. The zero-order chi connectivity index (χ0) is 30.5. The first-order valence-electron chi connectivity index (χ1n) is 15.9. The van der Waals surface area contributed by atoms with Crippen molar-refractivity contribution in [3.05, 3.63) is 32.9 Å². The Kier molecular flexibility index (Phi) is 11.0. The summed E-state index contributed by atoms with van der Waals surface area (Å²) in [7, 11) is 1.48. The molecule has 0 aliphatic heterocycles. The third-order valence-corrected chi connectivity index (χ3v) is 10.9. The van der Waals surface area contributed by atoms with Crippen LogP contribution in [0, 0.1) is 27.2 Å². The van der Waals surface area contributed by atoms with Gasteiger partial charge in [0.25, 0.3) is 0 Å². The lowest BCUT2D eigenvalue weighted by molar-refractivity contribution is -0.141. The van der Waals surface area contributed by atoms with E-state index in [1.54, 1.807) is 18.2 Å². The second kappa shape index (κ2) is 14.7. The highest BCUT2D eigenvalue weighted by Crippen LogP contribution is 2.50. The van der Waals surface area contributed by atoms with Gasteiger partial charge in [0.15, 0.2) is 11.5 Å². The van der Waals surface area contributed by atoms with Gasteiger partial charge >= 0.3 is 0 Å². The van der Waals surface area contributed by atoms with Crippen LogP contribution in [0.25, 0.3) is 0 Å². The molecule has 5 rings (SSSR count). The molecule has 4 aliphatic carbocycles. The number of fused-ring (bicyclic) bond motifs is 2. The fraction of sp³-hybridized carbons (Fsp3) is 0.667. The fourth-order valence-electron chi connectivity index (χ4n) is 7.88. The summed E-state index contributed by atoms with van der Waals surface area (Å²) in [4.78, 5) is 40.8. The maximum Gasteiger partial charge on any atom is 0.247 e. The highest BCUT2D eigenvalue weighted by atomic mass is 127. The number of hydrogen-bond donors (Lipinski definition) is 3. The van der Waals surface area contributed by atoms with E-state index in [1.807, 2.05) is 4.90 Å². The van der Waals surface area contributed by atoms with Crippen LogP contribution in [0.4, 0.5) is 0 Å². The van der Waals surface area contributed by atoms with Crippen molar-refractivity contribution in [2.24, 2.45) is 23.7 Å². The van der Waals surface area contributed by atoms with E-state index >= 15 is 0 Å². The van der Waals surface area contributed by atoms with Gasteiger partial charge < -0.3 is 29.9 Å². The molecule has 6 atom stereocenters. The number of carbonyl (C=O) groups is 3. The van der Waals surface area contributed by atoms with Crippen LogP contribution in [-0.2, 0) is 9.59 Å². The Balaban J connectivity index is 1.45. The number of carbonyl (C=O) groups excluding carboxylic acids is 3. The molecule has 0 spiro atoms. The van der Waals surface area contributed by atoms with Crippen molar-refractivity contribution in [3.8, 4) is 11.5 Å². The number of amides is 2. The Bertz CT molecular complexity index is 1200. The largest absolute Gasteiger partial charge is 0.493 e. The van der Waals surface area contributed by atoms with E-state index < -0.39 is 18.2 Å². The summed E-state index contributed by atoms with van der Waals surface area (Å²) in [6.07, 6.45) is 11.4. The van der Waals surface area contributed by atoms with Crippen LogP contribution in [0.2, 0.25) is 0 Å². The summed E-state index contributed by atoms with van der Waals surface area (Å²) in [5.41, 5.74) is 0.841. The molecular weight excluding hydrogens is 663 g/mol. The number of nitrogens with zero attached hydrogens (tertiary/aromatic N) is 1. The van der Waals surface area contributed by atoms with Gasteiger partial charge in [-0.25, -0.2) is 0 Å². The summed E-state index contributed by atoms with van der Waals surface area (Å²) < 4.78 is 12.5. The first kappa shape index (κ1) is 32.2. The van der Waals surface area contributed by atoms with Gasteiger partial charge in [0, 0.05) is 37.1 Å². The molecule has 3 N–H and O–H groups in total. The van der Waals surface area contributed by atoms with Gasteiger partial charge in [-0.15, -0.1) is 0 Å². The minimum Gasteiger partial charge on any atom is -0.493 e. The standard InChI is InChI=1S/C33H45IN2O7/c1-42-29-14-22(19-38)13-26(34)32(29)43-28-16-25(33(41)35-9-10-37)15-27(31(28)40)36(18-20-5-3-2-4-6-20)30(39)17-24-12-21-7-8-23(24)11-21/h13-14,16,19-21,23-24,27-28,31,37,40H,2-12,15,17-18H2,1H3,(H,35,41)/t21?,23?,24?,27-,28+,31+/m1/s1. The topological polar surface area (TPSA) is 125 Å². The molecule has 10 heteroatoms. The zero-order valence-electron chi connectivity index (χ0n) is 25.0. The summed E-state index contributed by atoms with van der Waals surface area (Å²) in [5.74, 6) is 2.51. The highest BCUT2D eigenvalue weighted by molar-refractivity contribution is 14.1. The lowest BCUT2D eigenvalue weighted by Crippen LogP contribution is -2.56. The number of aliphatic hydroxyl groups excluding tert-OH is 2. The summed E-state index contributed by atoms with van der Waals surface area (Å²) in [6.45, 7) is 0.469. The van der Waals surface area contributed by atoms with E-state index in [2.05, 4.69) is 27.9 Å². The van der Waals surface area contributed by atoms with Crippen LogP contribution in [0.5, 0.6) is 11.5 Å². The van der Waals surface area contributed by atoms with Crippen molar-refractivity contribution >= 4 is 40.7 Å². The van der Waals surface area contributed by atoms with E-state index in [4.69, 9.17) is 9.47 Å². The second-order valence-electron chi connectivity index (χ2n) is 12.9. The SMILES string of the molecule is COc1cc(C=O)cc(I)c1O[C@H]1C=C(C(=O)NCCO)C[C@@H](N(CC2CCCCC2)C(=O)CC2CC3CCC2C3)[C@@H]1O. The Labute approximate surface area is 267 Å². The number of hydrogen-bond acceptors (Lipinski definition) is 7. The lowest BCUT2D eigenvalue weighted by atomic mass is 9.83. The predicted octanol–water partition coefficient (Wildman–Crippen LogP) is 4.26. The van der Waals surface area contributed by atoms with Crippen molar-refractivity contribution < 1.29 is 34.1 Å². The van der Waals surface area contributed by atoms with Gasteiger partial charge in [-0.2, -0.15) is 0 Å². The zero-order valence-corrected chi connectivity index (χ0v) is 27.2. The van der Waals surface area contributed by atoms with Crippen molar-refractivity contribution in [2.75, 3.05) is 26.8 Å². The normalized spacial score (nSPS) is 28.7. The monoisotopic (exact) mass is 708 g/mol. The van der Waals surface area contributed by atoms with Crippen LogP contribution < -0.4 is 14.8 Å². The quantitative estimate of drug-likeness (QED) is 0.219. The number of aldehydes is 1.